The molecule has 0 aliphatic carbocycles. The lowest BCUT2D eigenvalue weighted by molar-refractivity contribution is -0.892. The summed E-state index contributed by atoms with van der Waals surface area (Å²) in [4.78, 5) is 27.7. The summed E-state index contributed by atoms with van der Waals surface area (Å²) in [5.41, 5.74) is 3.50. The van der Waals surface area contributed by atoms with Crippen LogP contribution in [0.2, 0.25) is 0 Å². The molecule has 3 aromatic rings. The van der Waals surface area contributed by atoms with Gasteiger partial charge in [-0.3, -0.25) is 14.5 Å². The first-order chi connectivity index (χ1) is 14.0. The first-order valence-corrected chi connectivity index (χ1v) is 9.87. The zero-order valence-electron chi connectivity index (χ0n) is 17.0. The fourth-order valence-electron chi connectivity index (χ4n) is 3.91. The number of rotatable bonds is 6. The van der Waals surface area contributed by atoms with Gasteiger partial charge in [-0.2, -0.15) is 0 Å². The number of carbonyl (C=O) groups excluding carboxylic acids is 2. The van der Waals surface area contributed by atoms with Gasteiger partial charge in [0, 0.05) is 5.56 Å². The van der Waals surface area contributed by atoms with Gasteiger partial charge in [0.05, 0.1) is 25.4 Å². The van der Waals surface area contributed by atoms with Crippen LogP contribution >= 0.6 is 0 Å². The highest BCUT2D eigenvalue weighted by Gasteiger charge is 2.37. The molecule has 148 valence electrons. The molecular formula is C24H25N2O3+. The number of quaternary nitrogens is 1. The monoisotopic (exact) mass is 389 g/mol. The van der Waals surface area contributed by atoms with E-state index in [0.29, 0.717) is 12.2 Å². The van der Waals surface area contributed by atoms with E-state index in [1.54, 1.807) is 12.0 Å². The third-order valence-corrected chi connectivity index (χ3v) is 5.49. The van der Waals surface area contributed by atoms with Gasteiger partial charge in [0.25, 0.3) is 5.78 Å². The van der Waals surface area contributed by atoms with Crippen molar-refractivity contribution in [1.29, 1.82) is 0 Å². The summed E-state index contributed by atoms with van der Waals surface area (Å²) in [5, 5.41) is 2.28. The lowest BCUT2D eigenvalue weighted by Gasteiger charge is -2.22. The summed E-state index contributed by atoms with van der Waals surface area (Å²) in [6, 6.07) is 18.1. The maximum atomic E-state index is 12.5. The molecule has 5 nitrogen and oxygen atoms in total. The van der Waals surface area contributed by atoms with Crippen LogP contribution in [0.4, 0.5) is 5.69 Å². The lowest BCUT2D eigenvalue weighted by Crippen LogP contribution is -3.09. The molecule has 0 bridgehead atoms. The molecule has 4 rings (SSSR count). The minimum atomic E-state index is -0.432. The number of hydrogen-bond acceptors (Lipinski definition) is 3. The molecule has 1 aliphatic heterocycles. The van der Waals surface area contributed by atoms with Crippen LogP contribution in [0.15, 0.2) is 54.6 Å². The number of amides is 1. The third kappa shape index (κ3) is 3.61. The first-order valence-electron chi connectivity index (χ1n) is 9.87. The van der Waals surface area contributed by atoms with Crippen LogP contribution in [0.3, 0.4) is 0 Å². The number of aryl methyl sites for hydroxylation is 1. The SMILES string of the molecule is CCc1ccc2c(c1)C(=O)C(=O)N2C[NH+](C)Cc1ccc2cc(OC)ccc2c1. The Morgan fingerprint density at radius 2 is 1.66 bits per heavy atom. The molecule has 1 amide bonds. The van der Waals surface area contributed by atoms with Crippen LogP contribution < -0.4 is 14.5 Å². The molecule has 0 radical (unpaired) electrons. The van der Waals surface area contributed by atoms with Crippen LogP contribution in [-0.2, 0) is 17.8 Å². The maximum Gasteiger partial charge on any atom is 0.303 e. The second-order valence-electron chi connectivity index (χ2n) is 7.61. The van der Waals surface area contributed by atoms with Crippen molar-refractivity contribution in [2.75, 3.05) is 25.7 Å². The number of Topliss-reactive ketones (excluding diaryl/α,β-unsaturated/α-hetero) is 1. The molecule has 0 spiro atoms. The maximum absolute atomic E-state index is 12.5. The van der Waals surface area contributed by atoms with Crippen molar-refractivity contribution in [2.45, 2.75) is 19.9 Å². The number of anilines is 1. The highest BCUT2D eigenvalue weighted by molar-refractivity contribution is 6.52. The molecule has 3 aromatic carbocycles. The van der Waals surface area contributed by atoms with E-state index in [0.717, 1.165) is 45.6 Å². The molecule has 1 atom stereocenters. The van der Waals surface area contributed by atoms with E-state index in [4.69, 9.17) is 4.74 Å². The predicted molar refractivity (Wildman–Crippen MR) is 114 cm³/mol. The molecule has 5 heteroatoms. The van der Waals surface area contributed by atoms with Crippen molar-refractivity contribution in [3.8, 4) is 5.75 Å². The van der Waals surface area contributed by atoms with Gasteiger partial charge in [0.15, 0.2) is 6.67 Å². The fourth-order valence-corrected chi connectivity index (χ4v) is 3.91. The van der Waals surface area contributed by atoms with E-state index >= 15 is 0 Å². The van der Waals surface area contributed by atoms with Gasteiger partial charge >= 0.3 is 5.91 Å². The Bertz CT molecular complexity index is 1110. The Labute approximate surface area is 170 Å². The van der Waals surface area contributed by atoms with Crippen LogP contribution in [0.1, 0.15) is 28.4 Å². The van der Waals surface area contributed by atoms with E-state index in [-0.39, 0.29) is 0 Å². The second kappa shape index (κ2) is 7.68. The Kier molecular flexibility index (Phi) is 5.07. The Balaban J connectivity index is 1.51. The number of benzene rings is 3. The van der Waals surface area contributed by atoms with Crippen molar-refractivity contribution in [2.24, 2.45) is 0 Å². The molecule has 29 heavy (non-hydrogen) atoms. The Morgan fingerprint density at radius 3 is 2.41 bits per heavy atom. The zero-order valence-corrected chi connectivity index (χ0v) is 17.0. The summed E-state index contributed by atoms with van der Waals surface area (Å²) in [7, 11) is 3.70. The highest BCUT2D eigenvalue weighted by atomic mass is 16.5. The summed E-state index contributed by atoms with van der Waals surface area (Å²) >= 11 is 0. The highest BCUT2D eigenvalue weighted by Crippen LogP contribution is 2.29. The fraction of sp³-hybridized carbons (Fsp3) is 0.250. The minimum absolute atomic E-state index is 0.400. The van der Waals surface area contributed by atoms with Gasteiger partial charge < -0.3 is 9.64 Å². The largest absolute Gasteiger partial charge is 0.497 e. The van der Waals surface area contributed by atoms with E-state index in [1.165, 1.54) is 5.56 Å². The van der Waals surface area contributed by atoms with Gasteiger partial charge in [0.2, 0.25) is 0 Å². The van der Waals surface area contributed by atoms with E-state index in [1.807, 2.05) is 44.3 Å². The minimum Gasteiger partial charge on any atom is -0.497 e. The first kappa shape index (κ1) is 19.2. The molecule has 1 aliphatic rings. The molecule has 0 fully saturated rings. The van der Waals surface area contributed by atoms with Crippen LogP contribution in [0, 0.1) is 0 Å². The molecule has 0 saturated heterocycles. The molecule has 1 N–H and O–H groups in total. The van der Waals surface area contributed by atoms with E-state index < -0.39 is 11.7 Å². The standard InChI is InChI=1S/C24H24N2O3/c1-4-16-6-10-22-21(12-16)23(27)24(28)26(22)15-25(2)14-17-5-7-19-13-20(29-3)9-8-18(19)11-17/h5-13H,4,14-15H2,1-3H3/p+1. The number of nitrogens with zero attached hydrogens (tertiary/aromatic N) is 1. The van der Waals surface area contributed by atoms with Gasteiger partial charge in [-0.1, -0.05) is 31.2 Å². The average Bonchev–Trinajstić information content (AvgIpc) is 2.97. The van der Waals surface area contributed by atoms with Crippen molar-refractivity contribution >= 4 is 28.2 Å². The summed E-state index contributed by atoms with van der Waals surface area (Å²) < 4.78 is 5.28. The van der Waals surface area contributed by atoms with Gasteiger partial charge in [-0.05, 0) is 53.1 Å². The summed E-state index contributed by atoms with van der Waals surface area (Å²) in [5.74, 6) is 0.0102. The van der Waals surface area contributed by atoms with Crippen molar-refractivity contribution < 1.29 is 19.2 Å². The van der Waals surface area contributed by atoms with Crippen LogP contribution in [0.25, 0.3) is 10.8 Å². The number of ketones is 1. The summed E-state index contributed by atoms with van der Waals surface area (Å²) in [6.07, 6.45) is 0.841. The molecule has 1 unspecified atom stereocenters. The number of hydrogen-bond donors (Lipinski definition) is 1. The normalized spacial score (nSPS) is 14.4. The third-order valence-electron chi connectivity index (χ3n) is 5.49. The number of nitrogens with one attached hydrogen (secondary N) is 1. The second-order valence-corrected chi connectivity index (χ2v) is 7.61. The topological polar surface area (TPSA) is 51.0 Å². The predicted octanol–water partition coefficient (Wildman–Crippen LogP) is 2.61. The van der Waals surface area contributed by atoms with Gasteiger partial charge in [0.1, 0.15) is 12.3 Å². The zero-order chi connectivity index (χ0) is 20.5. The number of carbonyl (C=O) groups is 2. The number of ether oxygens (including phenoxy) is 1. The number of methoxy groups -OCH3 is 1. The smallest absolute Gasteiger partial charge is 0.303 e. The Hall–Kier alpha value is -3.18. The molecule has 0 saturated carbocycles. The molecular weight excluding hydrogens is 364 g/mol. The van der Waals surface area contributed by atoms with Crippen molar-refractivity contribution in [3.63, 3.8) is 0 Å². The van der Waals surface area contributed by atoms with E-state index in [2.05, 4.69) is 24.3 Å². The number of fused-ring (bicyclic) bond motifs is 2. The average molecular weight is 389 g/mol. The molecule has 0 aromatic heterocycles. The van der Waals surface area contributed by atoms with Gasteiger partial charge in [-0.25, -0.2) is 0 Å². The van der Waals surface area contributed by atoms with Crippen LogP contribution in [0.5, 0.6) is 5.75 Å². The van der Waals surface area contributed by atoms with Gasteiger partial charge in [-0.15, -0.1) is 0 Å². The van der Waals surface area contributed by atoms with Crippen LogP contribution in [-0.4, -0.2) is 32.5 Å². The van der Waals surface area contributed by atoms with Crippen molar-refractivity contribution in [3.05, 3.63) is 71.3 Å². The van der Waals surface area contributed by atoms with Crippen molar-refractivity contribution in [1.82, 2.24) is 0 Å². The lowest BCUT2D eigenvalue weighted by atomic mass is 10.1. The Morgan fingerprint density at radius 1 is 0.931 bits per heavy atom. The summed E-state index contributed by atoms with van der Waals surface area (Å²) in [6.45, 7) is 3.24. The molecule has 1 heterocycles. The quantitative estimate of drug-likeness (QED) is 0.660. The van der Waals surface area contributed by atoms with E-state index in [9.17, 15) is 9.59 Å².